The molecule has 2 aliphatic rings. The molecule has 2 N–H and O–H groups in total. The zero-order valence-electron chi connectivity index (χ0n) is 21.0. The van der Waals surface area contributed by atoms with Crippen LogP contribution in [0.25, 0.3) is 10.9 Å². The zero-order chi connectivity index (χ0) is 26.7. The molecule has 1 aliphatic heterocycles. The molecule has 0 bridgehead atoms. The normalized spacial score (nSPS) is 17.7. The van der Waals surface area contributed by atoms with Crippen molar-refractivity contribution in [3.05, 3.63) is 90.2 Å². The van der Waals surface area contributed by atoms with Crippen molar-refractivity contribution in [1.82, 2.24) is 20.1 Å². The van der Waals surface area contributed by atoms with Crippen molar-refractivity contribution < 1.29 is 18.0 Å². The number of carbonyl (C=O) groups excluding carboxylic acids is 2. The molecule has 10 heteroatoms. The standard InChI is InChI=1S/C28H29N5O4S/c1-20-7-11-23(12-8-20)30-28(35)33-18-16-32(17-19-33)27(34)22-9-13-24(14-10-22)31-38(36,37)25-6-2-4-21-5-3-15-29-26(21)25/h2-11,13-15,23,31H,12,16-19H2,1H3,(H,30,35). The number of nitrogens with zero attached hydrogens (tertiary/aromatic N) is 3. The van der Waals surface area contributed by atoms with Gasteiger partial charge >= 0.3 is 6.03 Å². The molecule has 1 unspecified atom stereocenters. The van der Waals surface area contributed by atoms with Crippen molar-refractivity contribution in [2.75, 3.05) is 30.9 Å². The van der Waals surface area contributed by atoms with Gasteiger partial charge in [-0.15, -0.1) is 0 Å². The number of aromatic nitrogens is 1. The van der Waals surface area contributed by atoms with E-state index in [-0.39, 0.29) is 22.9 Å². The molecule has 5 rings (SSSR count). The number of sulfonamides is 1. The molecule has 1 fully saturated rings. The van der Waals surface area contributed by atoms with Crippen molar-refractivity contribution in [3.8, 4) is 0 Å². The molecule has 2 aromatic carbocycles. The second-order valence-electron chi connectivity index (χ2n) is 9.39. The smallest absolute Gasteiger partial charge is 0.317 e. The van der Waals surface area contributed by atoms with Gasteiger partial charge in [-0.05, 0) is 49.7 Å². The van der Waals surface area contributed by atoms with Gasteiger partial charge in [0.2, 0.25) is 0 Å². The number of carbonyl (C=O) groups is 2. The Labute approximate surface area is 221 Å². The zero-order valence-corrected chi connectivity index (χ0v) is 21.8. The first kappa shape index (κ1) is 25.5. The number of hydrogen-bond acceptors (Lipinski definition) is 5. The van der Waals surface area contributed by atoms with Gasteiger partial charge in [-0.1, -0.05) is 42.0 Å². The van der Waals surface area contributed by atoms with E-state index in [1.165, 1.54) is 11.6 Å². The van der Waals surface area contributed by atoms with Gasteiger partial charge in [-0.25, -0.2) is 13.2 Å². The minimum atomic E-state index is -3.88. The van der Waals surface area contributed by atoms with E-state index >= 15 is 0 Å². The van der Waals surface area contributed by atoms with E-state index in [2.05, 4.69) is 21.1 Å². The third-order valence-electron chi connectivity index (χ3n) is 6.72. The number of rotatable bonds is 5. The molecule has 38 heavy (non-hydrogen) atoms. The van der Waals surface area contributed by atoms with Crippen molar-refractivity contribution >= 4 is 38.6 Å². The molecule has 2 heterocycles. The van der Waals surface area contributed by atoms with Crippen LogP contribution in [0.3, 0.4) is 0 Å². The van der Waals surface area contributed by atoms with Crippen LogP contribution in [0, 0.1) is 0 Å². The Kier molecular flexibility index (Phi) is 7.15. The number of anilines is 1. The maximum Gasteiger partial charge on any atom is 0.317 e. The fourth-order valence-corrected chi connectivity index (χ4v) is 5.80. The number of pyridine rings is 1. The highest BCUT2D eigenvalue weighted by molar-refractivity contribution is 7.93. The van der Waals surface area contributed by atoms with Crippen molar-refractivity contribution in [2.24, 2.45) is 0 Å². The van der Waals surface area contributed by atoms with Gasteiger partial charge in [-0.2, -0.15) is 0 Å². The summed E-state index contributed by atoms with van der Waals surface area (Å²) in [6.07, 6.45) is 8.43. The summed E-state index contributed by atoms with van der Waals surface area (Å²) in [5.74, 6) is -0.159. The number of piperazine rings is 1. The van der Waals surface area contributed by atoms with E-state index in [4.69, 9.17) is 0 Å². The van der Waals surface area contributed by atoms with Crippen LogP contribution in [0.1, 0.15) is 23.7 Å². The molecule has 0 radical (unpaired) electrons. The minimum absolute atomic E-state index is 0.0151. The number of fused-ring (bicyclic) bond motifs is 1. The maximum absolute atomic E-state index is 13.0. The van der Waals surface area contributed by atoms with Crippen LogP contribution in [0.4, 0.5) is 10.5 Å². The number of amides is 3. The molecule has 3 amide bonds. The Morgan fingerprint density at radius 3 is 2.37 bits per heavy atom. The van der Waals surface area contributed by atoms with Crippen LogP contribution < -0.4 is 10.0 Å². The maximum atomic E-state index is 13.0. The molecule has 1 aromatic heterocycles. The average Bonchev–Trinajstić information content (AvgIpc) is 2.94. The highest BCUT2D eigenvalue weighted by Gasteiger charge is 2.26. The molecule has 0 saturated carbocycles. The van der Waals surface area contributed by atoms with E-state index in [9.17, 15) is 18.0 Å². The summed E-state index contributed by atoms with van der Waals surface area (Å²) >= 11 is 0. The number of nitrogens with one attached hydrogen (secondary N) is 2. The fraction of sp³-hybridized carbons (Fsp3) is 0.250. The Morgan fingerprint density at radius 1 is 0.947 bits per heavy atom. The highest BCUT2D eigenvalue weighted by atomic mass is 32.2. The van der Waals surface area contributed by atoms with E-state index in [0.717, 1.165) is 11.8 Å². The van der Waals surface area contributed by atoms with Crippen LogP contribution in [0.5, 0.6) is 0 Å². The van der Waals surface area contributed by atoms with Gasteiger partial charge < -0.3 is 15.1 Å². The number of benzene rings is 2. The van der Waals surface area contributed by atoms with E-state index in [0.29, 0.717) is 42.9 Å². The number of para-hydroxylation sites is 1. The largest absolute Gasteiger partial charge is 0.335 e. The molecule has 0 spiro atoms. The molecule has 1 atom stereocenters. The van der Waals surface area contributed by atoms with Crippen LogP contribution >= 0.6 is 0 Å². The van der Waals surface area contributed by atoms with Gasteiger partial charge in [0.25, 0.3) is 15.9 Å². The Bertz CT molecular complexity index is 1520. The molecular formula is C28H29N5O4S. The molecule has 1 saturated heterocycles. The quantitative estimate of drug-likeness (QED) is 0.521. The SMILES string of the molecule is CC1=CCC(NC(=O)N2CCN(C(=O)c3ccc(NS(=O)(=O)c4cccc5cccnc45)cc3)CC2)C=C1. The van der Waals surface area contributed by atoms with Crippen LogP contribution in [-0.2, 0) is 10.0 Å². The van der Waals surface area contributed by atoms with Crippen LogP contribution in [-0.4, -0.2) is 67.4 Å². The van der Waals surface area contributed by atoms with Gasteiger partial charge in [0.15, 0.2) is 0 Å². The molecule has 1 aliphatic carbocycles. The molecular weight excluding hydrogens is 502 g/mol. The lowest BCUT2D eigenvalue weighted by molar-refractivity contribution is 0.0664. The Morgan fingerprint density at radius 2 is 1.66 bits per heavy atom. The first-order valence-corrected chi connectivity index (χ1v) is 13.9. The Balaban J connectivity index is 1.18. The second-order valence-corrected chi connectivity index (χ2v) is 11.0. The first-order chi connectivity index (χ1) is 18.3. The van der Waals surface area contributed by atoms with Gasteiger partial charge in [0.1, 0.15) is 4.90 Å². The first-order valence-electron chi connectivity index (χ1n) is 12.5. The summed E-state index contributed by atoms with van der Waals surface area (Å²) < 4.78 is 28.6. The average molecular weight is 532 g/mol. The van der Waals surface area contributed by atoms with E-state index in [1.807, 2.05) is 19.1 Å². The minimum Gasteiger partial charge on any atom is -0.335 e. The van der Waals surface area contributed by atoms with Crippen molar-refractivity contribution in [3.63, 3.8) is 0 Å². The van der Waals surface area contributed by atoms with Gasteiger partial charge in [-0.3, -0.25) is 14.5 Å². The molecule has 196 valence electrons. The van der Waals surface area contributed by atoms with E-state index in [1.54, 1.807) is 64.5 Å². The predicted molar refractivity (Wildman–Crippen MR) is 146 cm³/mol. The Hall–Kier alpha value is -4.18. The summed E-state index contributed by atoms with van der Waals surface area (Å²) in [6, 6.07) is 14.8. The summed E-state index contributed by atoms with van der Waals surface area (Å²) in [6.45, 7) is 3.77. The fourth-order valence-electron chi connectivity index (χ4n) is 4.56. The lowest BCUT2D eigenvalue weighted by atomic mass is 10.0. The van der Waals surface area contributed by atoms with Crippen molar-refractivity contribution in [2.45, 2.75) is 24.3 Å². The third kappa shape index (κ3) is 5.55. The van der Waals surface area contributed by atoms with Gasteiger partial charge in [0.05, 0.1) is 11.6 Å². The lowest BCUT2D eigenvalue weighted by Gasteiger charge is -2.35. The second kappa shape index (κ2) is 10.7. The van der Waals surface area contributed by atoms with E-state index < -0.39 is 10.0 Å². The van der Waals surface area contributed by atoms with Crippen LogP contribution in [0.15, 0.2) is 89.5 Å². The topological polar surface area (TPSA) is 112 Å². The highest BCUT2D eigenvalue weighted by Crippen LogP contribution is 2.24. The number of allylic oxidation sites excluding steroid dienone is 2. The molecule has 9 nitrogen and oxygen atoms in total. The predicted octanol–water partition coefficient (Wildman–Crippen LogP) is 3.78. The van der Waals surface area contributed by atoms with Crippen LogP contribution in [0.2, 0.25) is 0 Å². The van der Waals surface area contributed by atoms with Crippen molar-refractivity contribution in [1.29, 1.82) is 0 Å². The summed E-state index contributed by atoms with van der Waals surface area (Å²) in [4.78, 5) is 33.4. The summed E-state index contributed by atoms with van der Waals surface area (Å²) in [5, 5.41) is 3.75. The van der Waals surface area contributed by atoms with Gasteiger partial charge in [0, 0.05) is 49.0 Å². The summed E-state index contributed by atoms with van der Waals surface area (Å²) in [7, 11) is -3.88. The lowest BCUT2D eigenvalue weighted by Crippen LogP contribution is -2.54. The molecule has 3 aromatic rings. The number of urea groups is 1. The number of hydrogen-bond donors (Lipinski definition) is 2. The summed E-state index contributed by atoms with van der Waals surface area (Å²) in [5.41, 5.74) is 2.38. The third-order valence-corrected chi connectivity index (χ3v) is 8.13. The monoisotopic (exact) mass is 531 g/mol.